The van der Waals surface area contributed by atoms with Gasteiger partial charge in [0.1, 0.15) is 0 Å². The number of benzene rings is 1. The van der Waals surface area contributed by atoms with Crippen LogP contribution in [0.2, 0.25) is 10.0 Å². The molecule has 1 aromatic carbocycles. The summed E-state index contributed by atoms with van der Waals surface area (Å²) in [5.74, 6) is 0.348. The topological polar surface area (TPSA) is 41.1 Å². The molecular formula is C12H14Cl2N2O. The van der Waals surface area contributed by atoms with Gasteiger partial charge in [-0.25, -0.2) is 0 Å². The van der Waals surface area contributed by atoms with Crippen molar-refractivity contribution in [2.45, 2.75) is 6.42 Å². The highest BCUT2D eigenvalue weighted by Gasteiger charge is 2.16. The monoisotopic (exact) mass is 272 g/mol. The fraction of sp³-hybridized carbons (Fsp3) is 0.417. The minimum atomic E-state index is -0.163. The molecule has 0 radical (unpaired) electrons. The van der Waals surface area contributed by atoms with Crippen molar-refractivity contribution in [3.63, 3.8) is 0 Å². The van der Waals surface area contributed by atoms with Crippen LogP contribution in [-0.2, 0) is 0 Å². The molecule has 3 nitrogen and oxygen atoms in total. The van der Waals surface area contributed by atoms with Gasteiger partial charge < -0.3 is 10.6 Å². The van der Waals surface area contributed by atoms with Crippen molar-refractivity contribution in [3.05, 3.63) is 33.8 Å². The van der Waals surface area contributed by atoms with Crippen LogP contribution in [-0.4, -0.2) is 25.5 Å². The van der Waals surface area contributed by atoms with Crippen molar-refractivity contribution in [2.24, 2.45) is 5.92 Å². The van der Waals surface area contributed by atoms with Gasteiger partial charge in [0.05, 0.1) is 10.6 Å². The van der Waals surface area contributed by atoms with Gasteiger partial charge >= 0.3 is 0 Å². The van der Waals surface area contributed by atoms with E-state index in [1.165, 1.54) is 0 Å². The lowest BCUT2D eigenvalue weighted by Gasteiger charge is -2.11. The van der Waals surface area contributed by atoms with E-state index in [0.717, 1.165) is 19.5 Å². The third kappa shape index (κ3) is 3.35. The van der Waals surface area contributed by atoms with Crippen molar-refractivity contribution in [2.75, 3.05) is 19.6 Å². The molecule has 0 saturated carbocycles. The van der Waals surface area contributed by atoms with E-state index in [-0.39, 0.29) is 5.91 Å². The molecule has 1 saturated heterocycles. The SMILES string of the molecule is O=C(NCC1CCNC1)c1cc(Cl)ccc1Cl. The first-order valence-corrected chi connectivity index (χ1v) is 6.36. The summed E-state index contributed by atoms with van der Waals surface area (Å²) in [6.45, 7) is 2.66. The molecule has 17 heavy (non-hydrogen) atoms. The highest BCUT2D eigenvalue weighted by atomic mass is 35.5. The van der Waals surface area contributed by atoms with Crippen molar-refractivity contribution in [1.29, 1.82) is 0 Å². The predicted octanol–water partition coefficient (Wildman–Crippen LogP) is 2.33. The smallest absolute Gasteiger partial charge is 0.252 e. The molecule has 0 spiro atoms. The van der Waals surface area contributed by atoms with Crippen molar-refractivity contribution in [3.8, 4) is 0 Å². The standard InChI is InChI=1S/C12H14Cl2N2O/c13-9-1-2-11(14)10(5-9)12(17)16-7-8-3-4-15-6-8/h1-2,5,8,15H,3-4,6-7H2,(H,16,17). The molecule has 0 aliphatic carbocycles. The molecule has 2 rings (SSSR count). The molecule has 1 heterocycles. The summed E-state index contributed by atoms with van der Waals surface area (Å²) in [7, 11) is 0. The van der Waals surface area contributed by atoms with E-state index in [0.29, 0.717) is 28.1 Å². The molecule has 0 aromatic heterocycles. The summed E-state index contributed by atoms with van der Waals surface area (Å²) in [4.78, 5) is 11.9. The predicted molar refractivity (Wildman–Crippen MR) is 69.8 cm³/mol. The molecule has 2 N–H and O–H groups in total. The van der Waals surface area contributed by atoms with E-state index in [1.54, 1.807) is 18.2 Å². The second-order valence-corrected chi connectivity index (χ2v) is 5.04. The quantitative estimate of drug-likeness (QED) is 0.887. The number of amides is 1. The van der Waals surface area contributed by atoms with E-state index in [9.17, 15) is 4.79 Å². The Kier molecular flexibility index (Phi) is 4.26. The van der Waals surface area contributed by atoms with E-state index < -0.39 is 0 Å². The average molecular weight is 273 g/mol. The lowest BCUT2D eigenvalue weighted by Crippen LogP contribution is -2.30. The largest absolute Gasteiger partial charge is 0.352 e. The van der Waals surface area contributed by atoms with Gasteiger partial charge in [-0.1, -0.05) is 23.2 Å². The van der Waals surface area contributed by atoms with Gasteiger partial charge in [-0.3, -0.25) is 4.79 Å². The Morgan fingerprint density at radius 3 is 3.00 bits per heavy atom. The van der Waals surface area contributed by atoms with Crippen LogP contribution in [0.25, 0.3) is 0 Å². The van der Waals surface area contributed by atoms with Gasteiger partial charge in [-0.2, -0.15) is 0 Å². The van der Waals surface area contributed by atoms with Crippen LogP contribution in [0.3, 0.4) is 0 Å². The Labute approximate surface area is 110 Å². The highest BCUT2D eigenvalue weighted by molar-refractivity contribution is 6.35. The summed E-state index contributed by atoms with van der Waals surface area (Å²) < 4.78 is 0. The minimum absolute atomic E-state index is 0.163. The Hall–Kier alpha value is -0.770. The number of hydrogen-bond acceptors (Lipinski definition) is 2. The number of rotatable bonds is 3. The summed E-state index contributed by atoms with van der Waals surface area (Å²) in [6.07, 6.45) is 1.10. The molecule has 1 fully saturated rings. The maximum atomic E-state index is 11.9. The molecular weight excluding hydrogens is 259 g/mol. The molecule has 1 aliphatic rings. The Balaban J connectivity index is 1.96. The summed E-state index contributed by atoms with van der Waals surface area (Å²) >= 11 is 11.8. The van der Waals surface area contributed by atoms with E-state index in [1.807, 2.05) is 0 Å². The first kappa shape index (κ1) is 12.7. The zero-order valence-corrected chi connectivity index (χ0v) is 10.8. The lowest BCUT2D eigenvalue weighted by molar-refractivity contribution is 0.0948. The van der Waals surface area contributed by atoms with Gasteiger partial charge in [-0.15, -0.1) is 0 Å². The van der Waals surface area contributed by atoms with Gasteiger partial charge in [0.25, 0.3) is 5.91 Å². The molecule has 1 amide bonds. The van der Waals surface area contributed by atoms with Gasteiger partial charge in [0.15, 0.2) is 0 Å². The van der Waals surface area contributed by atoms with Crippen molar-refractivity contribution < 1.29 is 4.79 Å². The fourth-order valence-corrected chi connectivity index (χ4v) is 2.27. The second kappa shape index (κ2) is 5.71. The average Bonchev–Trinajstić information content (AvgIpc) is 2.82. The highest BCUT2D eigenvalue weighted by Crippen LogP contribution is 2.20. The first-order valence-electron chi connectivity index (χ1n) is 5.61. The molecule has 1 aliphatic heterocycles. The third-order valence-corrected chi connectivity index (χ3v) is 3.45. The normalized spacial score (nSPS) is 19.3. The van der Waals surface area contributed by atoms with Gasteiger partial charge in [0.2, 0.25) is 0 Å². The zero-order valence-electron chi connectivity index (χ0n) is 9.30. The molecule has 1 unspecified atom stereocenters. The van der Waals surface area contributed by atoms with Crippen LogP contribution in [0.1, 0.15) is 16.8 Å². The van der Waals surface area contributed by atoms with E-state index in [2.05, 4.69) is 10.6 Å². The van der Waals surface area contributed by atoms with Gasteiger partial charge in [0, 0.05) is 11.6 Å². The van der Waals surface area contributed by atoms with E-state index in [4.69, 9.17) is 23.2 Å². The van der Waals surface area contributed by atoms with Crippen molar-refractivity contribution in [1.82, 2.24) is 10.6 Å². The number of hydrogen-bond donors (Lipinski definition) is 2. The Morgan fingerprint density at radius 1 is 1.47 bits per heavy atom. The maximum Gasteiger partial charge on any atom is 0.252 e. The Morgan fingerprint density at radius 2 is 2.29 bits per heavy atom. The van der Waals surface area contributed by atoms with Crippen LogP contribution in [0.15, 0.2) is 18.2 Å². The molecule has 1 aromatic rings. The molecule has 92 valence electrons. The lowest BCUT2D eigenvalue weighted by atomic mass is 10.1. The number of nitrogens with one attached hydrogen (secondary N) is 2. The molecule has 0 bridgehead atoms. The first-order chi connectivity index (χ1) is 8.16. The van der Waals surface area contributed by atoms with Crippen LogP contribution in [0, 0.1) is 5.92 Å². The summed E-state index contributed by atoms with van der Waals surface area (Å²) in [6, 6.07) is 4.89. The molecule has 1 atom stereocenters. The summed E-state index contributed by atoms with van der Waals surface area (Å²) in [5, 5.41) is 7.09. The third-order valence-electron chi connectivity index (χ3n) is 2.89. The summed E-state index contributed by atoms with van der Waals surface area (Å²) in [5.41, 5.74) is 0.435. The van der Waals surface area contributed by atoms with Crippen molar-refractivity contribution >= 4 is 29.1 Å². The van der Waals surface area contributed by atoms with Crippen LogP contribution in [0.4, 0.5) is 0 Å². The number of carbonyl (C=O) groups is 1. The van der Waals surface area contributed by atoms with Crippen LogP contribution in [0.5, 0.6) is 0 Å². The maximum absolute atomic E-state index is 11.9. The number of halogens is 2. The fourth-order valence-electron chi connectivity index (χ4n) is 1.89. The van der Waals surface area contributed by atoms with Gasteiger partial charge in [-0.05, 0) is 43.6 Å². The van der Waals surface area contributed by atoms with Crippen LogP contribution < -0.4 is 10.6 Å². The van der Waals surface area contributed by atoms with Crippen LogP contribution >= 0.6 is 23.2 Å². The minimum Gasteiger partial charge on any atom is -0.352 e. The van der Waals surface area contributed by atoms with E-state index >= 15 is 0 Å². The second-order valence-electron chi connectivity index (χ2n) is 4.19. The Bertz CT molecular complexity index is 417. The number of carbonyl (C=O) groups excluding carboxylic acids is 1. The zero-order chi connectivity index (χ0) is 12.3. The molecule has 5 heteroatoms.